The van der Waals surface area contributed by atoms with Crippen molar-refractivity contribution in [3.05, 3.63) is 190 Å². The second-order valence-corrected chi connectivity index (χ2v) is 21.8. The SMILES string of the molecule is CC(C)c1ccc(-c2c3nc(c(-c4ccc(C(C)C)cc4)c4ccc([n-]4)c(-c4ccc(C(C)C)cc4)c4nc(c(-c5ccc(C(C)C)cc5)c5ccc2[n-]5)-c2cc(C(=O)O)c(C(=O)O)cc2-4)-c2cc(C(=O)O)c(C(=O)O)cc2-3)cc1.[Zn+2]. The molecular formula is C68H56N4O8Zn. The standard InChI is InChI=1S/C68H58N4O8.Zn/c1-33(2)37-9-17-41(18-10-37)57-53-25-26-54(69-53)58(42-19-11-38(12-20-42)34(3)4)63-47-31-51(67(77)78)52(68(79)80)32-48(47)64(72-63)60(44-23-15-40(16-24-44)36(7)8)56-28-27-55(70-56)59(43-21-13-39(14-22-43)35(5)6)62-46-30-50(66(75)76)49(65(73)74)29-45(46)61(57)71-62;/h9-36H,1-8H3,(H6,69,70,71,72,73,74,75,76,77,78,79,80);/q;+2/p-2. The molecule has 0 fully saturated rings. The molecule has 398 valence electrons. The summed E-state index contributed by atoms with van der Waals surface area (Å²) >= 11 is 0. The maximum atomic E-state index is 13.2. The molecule has 0 amide bonds. The van der Waals surface area contributed by atoms with E-state index >= 15 is 0 Å². The first kappa shape index (κ1) is 55.3. The van der Waals surface area contributed by atoms with Crippen LogP contribution in [0.4, 0.5) is 0 Å². The van der Waals surface area contributed by atoms with Crippen molar-refractivity contribution < 1.29 is 59.1 Å². The molecule has 0 saturated carbocycles. The Morgan fingerprint density at radius 2 is 0.506 bits per heavy atom. The van der Waals surface area contributed by atoms with E-state index in [1.807, 2.05) is 121 Å². The molecule has 81 heavy (non-hydrogen) atoms. The topological polar surface area (TPSA) is 203 Å². The molecule has 0 spiro atoms. The molecule has 12 nitrogen and oxygen atoms in total. The quantitative estimate of drug-likeness (QED) is 0.0844. The second kappa shape index (κ2) is 21.5. The number of carboxylic acid groups (broad SMARTS) is 4. The van der Waals surface area contributed by atoms with Crippen LogP contribution in [0.5, 0.6) is 0 Å². The summed E-state index contributed by atoms with van der Waals surface area (Å²) in [5, 5.41) is 42.9. The van der Waals surface area contributed by atoms with Crippen molar-refractivity contribution in [3.8, 4) is 89.5 Å². The molecule has 13 heteroatoms. The summed E-state index contributed by atoms with van der Waals surface area (Å²) in [4.78, 5) is 74.7. The summed E-state index contributed by atoms with van der Waals surface area (Å²) in [5.41, 5.74) is 12.1. The first-order valence-corrected chi connectivity index (χ1v) is 26.7. The van der Waals surface area contributed by atoms with Crippen LogP contribution >= 0.6 is 0 Å². The van der Waals surface area contributed by atoms with Crippen molar-refractivity contribution in [1.29, 1.82) is 0 Å². The molecule has 0 aliphatic carbocycles. The van der Waals surface area contributed by atoms with Crippen LogP contribution in [0.3, 0.4) is 0 Å². The third-order valence-corrected chi connectivity index (χ3v) is 15.4. The molecule has 0 unspecified atom stereocenters. The van der Waals surface area contributed by atoms with Crippen LogP contribution in [0, 0.1) is 0 Å². The largest absolute Gasteiger partial charge is 2.00 e. The zero-order valence-electron chi connectivity index (χ0n) is 46.1. The summed E-state index contributed by atoms with van der Waals surface area (Å²) in [5.74, 6) is -4.94. The van der Waals surface area contributed by atoms with E-state index < -0.39 is 46.1 Å². The molecule has 11 rings (SSSR count). The fourth-order valence-corrected chi connectivity index (χ4v) is 11.0. The number of rotatable bonds is 12. The minimum Gasteiger partial charge on any atom is -0.657 e. The molecule has 3 aromatic heterocycles. The van der Waals surface area contributed by atoms with Crippen LogP contribution in [-0.2, 0) is 19.5 Å². The predicted octanol–water partition coefficient (Wildman–Crippen LogP) is 16.2. The number of carbonyl (C=O) groups is 4. The van der Waals surface area contributed by atoms with E-state index in [9.17, 15) is 39.6 Å². The first-order chi connectivity index (χ1) is 38.3. The number of fused-ring (bicyclic) bond motifs is 14. The van der Waals surface area contributed by atoms with Crippen molar-refractivity contribution in [1.82, 2.24) is 19.9 Å². The van der Waals surface area contributed by atoms with E-state index in [4.69, 9.17) is 19.9 Å². The van der Waals surface area contributed by atoms with Crippen molar-refractivity contribution in [2.75, 3.05) is 0 Å². The average molecular weight is 1120 g/mol. The number of nitrogens with zero attached hydrogens (tertiary/aromatic N) is 4. The molecule has 2 aliphatic rings. The van der Waals surface area contributed by atoms with Crippen LogP contribution in [-0.4, -0.2) is 54.3 Å². The van der Waals surface area contributed by atoms with Gasteiger partial charge in [0.1, 0.15) is 0 Å². The van der Waals surface area contributed by atoms with Crippen LogP contribution < -0.4 is 9.97 Å². The molecule has 2 aliphatic heterocycles. The number of benzene rings is 6. The number of aromatic carboxylic acids is 4. The van der Waals surface area contributed by atoms with Crippen molar-refractivity contribution >= 4 is 45.9 Å². The van der Waals surface area contributed by atoms with Gasteiger partial charge in [-0.15, -0.1) is 22.1 Å². The van der Waals surface area contributed by atoms with E-state index in [2.05, 4.69) is 55.4 Å². The minimum absolute atomic E-state index is 0. The van der Waals surface area contributed by atoms with Gasteiger partial charge in [-0.2, -0.15) is 0 Å². The average Bonchev–Trinajstić information content (AvgIpc) is 4.32. The third kappa shape index (κ3) is 9.86. The van der Waals surface area contributed by atoms with E-state index in [-0.39, 0.29) is 43.1 Å². The molecule has 5 heterocycles. The predicted molar refractivity (Wildman–Crippen MR) is 314 cm³/mol. The van der Waals surface area contributed by atoms with E-state index in [1.54, 1.807) is 0 Å². The third-order valence-electron chi connectivity index (χ3n) is 15.4. The Balaban J connectivity index is 0.00000736. The van der Waals surface area contributed by atoms with Crippen LogP contribution in [0.15, 0.2) is 146 Å². The Labute approximate surface area is 481 Å². The van der Waals surface area contributed by atoms with Gasteiger partial charge in [0.15, 0.2) is 0 Å². The Morgan fingerprint density at radius 3 is 0.667 bits per heavy atom. The number of carboxylic acids is 4. The summed E-state index contributed by atoms with van der Waals surface area (Å²) in [7, 11) is 0. The zero-order valence-corrected chi connectivity index (χ0v) is 49.1. The summed E-state index contributed by atoms with van der Waals surface area (Å²) in [6.45, 7) is 16.8. The molecule has 0 atom stereocenters. The van der Waals surface area contributed by atoms with Crippen molar-refractivity contribution in [3.63, 3.8) is 0 Å². The van der Waals surface area contributed by atoms with Gasteiger partial charge in [-0.25, -0.2) is 29.1 Å². The number of aromatic nitrogens is 4. The molecule has 0 saturated heterocycles. The Morgan fingerprint density at radius 1 is 0.321 bits per heavy atom. The Kier molecular flexibility index (Phi) is 14.7. The van der Waals surface area contributed by atoms with Crippen LogP contribution in [0.1, 0.15) is 143 Å². The van der Waals surface area contributed by atoms with Gasteiger partial charge in [0, 0.05) is 22.3 Å². The van der Waals surface area contributed by atoms with Gasteiger partial charge in [0.05, 0.1) is 45.0 Å². The normalized spacial score (nSPS) is 11.7. The molecule has 9 aromatic rings. The van der Waals surface area contributed by atoms with Crippen LogP contribution in [0.25, 0.3) is 112 Å². The van der Waals surface area contributed by atoms with E-state index in [0.29, 0.717) is 112 Å². The molecular weight excluding hydrogens is 1070 g/mol. The van der Waals surface area contributed by atoms with Crippen molar-refractivity contribution in [2.24, 2.45) is 0 Å². The van der Waals surface area contributed by atoms with Gasteiger partial charge in [-0.1, -0.05) is 177 Å². The number of hydrogen-bond donors (Lipinski definition) is 4. The second-order valence-electron chi connectivity index (χ2n) is 21.8. The Bertz CT molecular complexity index is 3690. The summed E-state index contributed by atoms with van der Waals surface area (Å²) in [6, 6.07) is 45.1. The molecule has 8 bridgehead atoms. The maximum Gasteiger partial charge on any atom is 2.00 e. The van der Waals surface area contributed by atoms with Gasteiger partial charge in [-0.3, -0.25) is 0 Å². The van der Waals surface area contributed by atoms with E-state index in [0.717, 1.165) is 22.3 Å². The van der Waals surface area contributed by atoms with E-state index in [1.165, 1.54) is 24.3 Å². The van der Waals surface area contributed by atoms with Gasteiger partial charge in [0.2, 0.25) is 0 Å². The van der Waals surface area contributed by atoms with Gasteiger partial charge >= 0.3 is 43.4 Å². The Hall–Kier alpha value is -9.06. The first-order valence-electron chi connectivity index (χ1n) is 26.7. The smallest absolute Gasteiger partial charge is 0.657 e. The van der Waals surface area contributed by atoms with Crippen molar-refractivity contribution in [2.45, 2.75) is 79.1 Å². The molecule has 0 radical (unpaired) electrons. The van der Waals surface area contributed by atoms with Gasteiger partial charge < -0.3 is 30.4 Å². The summed E-state index contributed by atoms with van der Waals surface area (Å²) in [6.07, 6.45) is 0. The fourth-order valence-electron chi connectivity index (χ4n) is 11.0. The monoisotopic (exact) mass is 1120 g/mol. The minimum atomic E-state index is -1.42. The fraction of sp³-hybridized carbons (Fsp3) is 0.176. The molecule has 4 N–H and O–H groups in total. The molecule has 6 aromatic carbocycles. The zero-order chi connectivity index (χ0) is 56.6. The maximum absolute atomic E-state index is 13.2. The van der Waals surface area contributed by atoms with Gasteiger partial charge in [-0.05, 0) is 115 Å². The summed E-state index contributed by atoms with van der Waals surface area (Å²) < 4.78 is 0. The van der Waals surface area contributed by atoms with Crippen LogP contribution in [0.2, 0.25) is 0 Å². The number of hydrogen-bond acceptors (Lipinski definition) is 6. The van der Waals surface area contributed by atoms with Gasteiger partial charge in [0.25, 0.3) is 0 Å².